The number of ether oxygens (including phenoxy) is 2. The molecule has 0 bridgehead atoms. The highest BCUT2D eigenvalue weighted by atomic mass is 16.6. The number of nitrogens with zero attached hydrogens (tertiary/aromatic N) is 3. The van der Waals surface area contributed by atoms with Crippen LogP contribution < -0.4 is 14.4 Å². The van der Waals surface area contributed by atoms with Crippen LogP contribution in [0, 0.1) is 0 Å². The molecule has 0 aromatic heterocycles. The van der Waals surface area contributed by atoms with Gasteiger partial charge in [0.2, 0.25) is 5.91 Å². The lowest BCUT2D eigenvalue weighted by molar-refractivity contribution is -0.129. The van der Waals surface area contributed by atoms with Gasteiger partial charge < -0.3 is 19.3 Å². The molecule has 6 nitrogen and oxygen atoms in total. The van der Waals surface area contributed by atoms with Gasteiger partial charge >= 0.3 is 0 Å². The molecule has 0 N–H and O–H groups in total. The van der Waals surface area contributed by atoms with Crippen molar-refractivity contribution in [2.45, 2.75) is 32.4 Å². The van der Waals surface area contributed by atoms with Crippen molar-refractivity contribution in [2.24, 2.45) is 0 Å². The molecule has 0 saturated carbocycles. The second-order valence-electron chi connectivity index (χ2n) is 8.69. The van der Waals surface area contributed by atoms with E-state index in [4.69, 9.17) is 9.47 Å². The van der Waals surface area contributed by atoms with Crippen LogP contribution in [-0.2, 0) is 11.3 Å². The monoisotopic (exact) mass is 421 g/mol. The molecule has 3 heterocycles. The Morgan fingerprint density at radius 3 is 2.42 bits per heavy atom. The van der Waals surface area contributed by atoms with Crippen molar-refractivity contribution >= 4 is 11.6 Å². The zero-order valence-corrected chi connectivity index (χ0v) is 18.3. The molecule has 3 aliphatic heterocycles. The Labute approximate surface area is 184 Å². The highest BCUT2D eigenvalue weighted by Crippen LogP contribution is 2.38. The summed E-state index contributed by atoms with van der Waals surface area (Å²) in [5.41, 5.74) is 3.91. The van der Waals surface area contributed by atoms with Gasteiger partial charge in [-0.1, -0.05) is 18.2 Å². The number of likely N-dealkylation sites (tertiary alicyclic amines) is 1. The highest BCUT2D eigenvalue weighted by Gasteiger charge is 2.27. The molecule has 5 rings (SSSR count). The second-order valence-corrected chi connectivity index (χ2v) is 8.69. The summed E-state index contributed by atoms with van der Waals surface area (Å²) in [4.78, 5) is 18.4. The maximum absolute atomic E-state index is 11.5. The fourth-order valence-electron chi connectivity index (χ4n) is 4.99. The summed E-state index contributed by atoms with van der Waals surface area (Å²) in [7, 11) is 0. The molecule has 3 aliphatic rings. The molecule has 2 aromatic carbocycles. The topological polar surface area (TPSA) is 45.3 Å². The molecule has 1 amide bonds. The van der Waals surface area contributed by atoms with E-state index in [1.165, 1.54) is 29.7 Å². The smallest absolute Gasteiger partial charge is 0.219 e. The van der Waals surface area contributed by atoms with Gasteiger partial charge in [-0.25, -0.2) is 0 Å². The van der Waals surface area contributed by atoms with Crippen molar-refractivity contribution in [3.05, 3.63) is 53.6 Å². The molecule has 1 atom stereocenters. The lowest BCUT2D eigenvalue weighted by Gasteiger charge is -2.35. The Kier molecular flexibility index (Phi) is 5.72. The summed E-state index contributed by atoms with van der Waals surface area (Å²) in [6.07, 6.45) is 2.40. The average Bonchev–Trinajstić information content (AvgIpc) is 3.27. The number of carbonyl (C=O) groups excluding carboxylic acids is 1. The Morgan fingerprint density at radius 1 is 0.935 bits per heavy atom. The van der Waals surface area contributed by atoms with E-state index < -0.39 is 0 Å². The summed E-state index contributed by atoms with van der Waals surface area (Å²) in [6.45, 7) is 8.40. The minimum absolute atomic E-state index is 0.174. The Balaban J connectivity index is 1.23. The van der Waals surface area contributed by atoms with Crippen LogP contribution in [0.2, 0.25) is 0 Å². The Bertz CT molecular complexity index is 922. The molecule has 0 aliphatic carbocycles. The first-order valence-corrected chi connectivity index (χ1v) is 11.4. The van der Waals surface area contributed by atoms with Crippen LogP contribution in [0.15, 0.2) is 42.5 Å². The molecule has 2 fully saturated rings. The van der Waals surface area contributed by atoms with Crippen LogP contribution >= 0.6 is 0 Å². The summed E-state index contributed by atoms with van der Waals surface area (Å²) >= 11 is 0. The predicted molar refractivity (Wildman–Crippen MR) is 121 cm³/mol. The van der Waals surface area contributed by atoms with Gasteiger partial charge in [0.05, 0.1) is 0 Å². The van der Waals surface area contributed by atoms with E-state index in [-0.39, 0.29) is 5.91 Å². The molecule has 0 spiro atoms. The molecular formula is C25H31N3O3. The Morgan fingerprint density at radius 2 is 1.68 bits per heavy atom. The summed E-state index contributed by atoms with van der Waals surface area (Å²) in [5, 5.41) is 0. The van der Waals surface area contributed by atoms with Crippen molar-refractivity contribution in [1.82, 2.24) is 9.80 Å². The number of benzene rings is 2. The number of hydrogen-bond donors (Lipinski definition) is 0. The highest BCUT2D eigenvalue weighted by molar-refractivity contribution is 5.73. The second kappa shape index (κ2) is 8.79. The first-order valence-electron chi connectivity index (χ1n) is 11.4. The van der Waals surface area contributed by atoms with Crippen LogP contribution in [-0.4, -0.2) is 61.6 Å². The maximum atomic E-state index is 11.5. The summed E-state index contributed by atoms with van der Waals surface area (Å²) < 4.78 is 11.5. The summed E-state index contributed by atoms with van der Waals surface area (Å²) in [5.74, 6) is 1.91. The van der Waals surface area contributed by atoms with Gasteiger partial charge in [-0.15, -0.1) is 0 Å². The fourth-order valence-corrected chi connectivity index (χ4v) is 4.99. The van der Waals surface area contributed by atoms with E-state index in [9.17, 15) is 4.79 Å². The molecule has 164 valence electrons. The van der Waals surface area contributed by atoms with E-state index in [1.54, 1.807) is 6.92 Å². The molecule has 0 unspecified atom stereocenters. The standard InChI is InChI=1S/C25H31N3O3/c1-19(29)26-11-13-27(14-12-26)22-7-4-20(5-8-22)18-28-10-2-3-23(28)21-6-9-24-25(17-21)31-16-15-30-24/h4-9,17,23H,2-3,10-16,18H2,1H3/t23-/m0/s1. The van der Waals surface area contributed by atoms with Crippen molar-refractivity contribution in [1.29, 1.82) is 0 Å². The van der Waals surface area contributed by atoms with Crippen molar-refractivity contribution in [3.63, 3.8) is 0 Å². The van der Waals surface area contributed by atoms with Crippen molar-refractivity contribution < 1.29 is 14.3 Å². The third-order valence-corrected chi connectivity index (χ3v) is 6.73. The normalized spacial score (nSPS) is 21.4. The minimum atomic E-state index is 0.174. The lowest BCUT2D eigenvalue weighted by Crippen LogP contribution is -2.48. The number of carbonyl (C=O) groups is 1. The molecule has 2 saturated heterocycles. The first kappa shape index (κ1) is 20.2. The van der Waals surface area contributed by atoms with E-state index in [1.807, 2.05) is 4.90 Å². The van der Waals surface area contributed by atoms with Gasteiger partial charge in [0, 0.05) is 51.4 Å². The van der Waals surface area contributed by atoms with Gasteiger partial charge in [0.25, 0.3) is 0 Å². The van der Waals surface area contributed by atoms with Gasteiger partial charge in [0.15, 0.2) is 11.5 Å². The number of piperazine rings is 1. The first-order chi connectivity index (χ1) is 15.2. The molecule has 2 aromatic rings. The SMILES string of the molecule is CC(=O)N1CCN(c2ccc(CN3CCC[C@H]3c3ccc4c(c3)OCCO4)cc2)CC1. The lowest BCUT2D eigenvalue weighted by atomic mass is 10.0. The van der Waals surface area contributed by atoms with E-state index in [0.717, 1.165) is 50.8 Å². The zero-order chi connectivity index (χ0) is 21.2. The largest absolute Gasteiger partial charge is 0.486 e. The third-order valence-electron chi connectivity index (χ3n) is 6.73. The van der Waals surface area contributed by atoms with Gasteiger partial charge in [-0.2, -0.15) is 0 Å². The van der Waals surface area contributed by atoms with Gasteiger partial charge in [-0.05, 0) is 54.8 Å². The number of rotatable bonds is 4. The van der Waals surface area contributed by atoms with E-state index >= 15 is 0 Å². The van der Waals surface area contributed by atoms with Crippen LogP contribution in [0.25, 0.3) is 0 Å². The van der Waals surface area contributed by atoms with Crippen molar-refractivity contribution in [3.8, 4) is 11.5 Å². The van der Waals surface area contributed by atoms with Crippen LogP contribution in [0.1, 0.15) is 36.9 Å². The average molecular weight is 422 g/mol. The number of hydrogen-bond acceptors (Lipinski definition) is 5. The minimum Gasteiger partial charge on any atom is -0.486 e. The van der Waals surface area contributed by atoms with E-state index in [0.29, 0.717) is 19.3 Å². The Hall–Kier alpha value is -2.73. The molecule has 0 radical (unpaired) electrons. The molecular weight excluding hydrogens is 390 g/mol. The van der Waals surface area contributed by atoms with Gasteiger partial charge in [0.1, 0.15) is 13.2 Å². The maximum Gasteiger partial charge on any atom is 0.219 e. The number of anilines is 1. The molecule has 6 heteroatoms. The number of amides is 1. The predicted octanol–water partition coefficient (Wildman–Crippen LogP) is 3.46. The van der Waals surface area contributed by atoms with Crippen LogP contribution in [0.3, 0.4) is 0 Å². The number of fused-ring (bicyclic) bond motifs is 1. The van der Waals surface area contributed by atoms with E-state index in [2.05, 4.69) is 52.3 Å². The van der Waals surface area contributed by atoms with Crippen molar-refractivity contribution in [2.75, 3.05) is 50.8 Å². The molecule has 31 heavy (non-hydrogen) atoms. The van der Waals surface area contributed by atoms with Crippen LogP contribution in [0.5, 0.6) is 11.5 Å². The third kappa shape index (κ3) is 4.35. The fraction of sp³-hybridized carbons (Fsp3) is 0.480. The zero-order valence-electron chi connectivity index (χ0n) is 18.3. The quantitative estimate of drug-likeness (QED) is 0.757. The van der Waals surface area contributed by atoms with Gasteiger partial charge in [-0.3, -0.25) is 9.69 Å². The van der Waals surface area contributed by atoms with Crippen LogP contribution in [0.4, 0.5) is 5.69 Å². The summed E-state index contributed by atoms with van der Waals surface area (Å²) in [6, 6.07) is 15.8.